The highest BCUT2D eigenvalue weighted by Crippen LogP contribution is 2.36. The van der Waals surface area contributed by atoms with Gasteiger partial charge in [-0.15, -0.1) is 0 Å². The van der Waals surface area contributed by atoms with Crippen molar-refractivity contribution in [1.82, 2.24) is 15.2 Å². The standard InChI is InChI=1S/C23H23Cl2N3O2/c1-28-14-5-2-6-15(28)12-13(11-14)26-22(29)16-7-3-10-19-21(16)27-23(30-19)20-17(24)8-4-9-18(20)25/h3-4,7-10,13-15H,2,5-6,11-12H2,1H3,(H,26,29). The maximum absolute atomic E-state index is 13.1. The molecule has 156 valence electrons. The fourth-order valence-electron chi connectivity index (χ4n) is 4.94. The van der Waals surface area contributed by atoms with Crippen LogP contribution >= 0.6 is 23.2 Å². The van der Waals surface area contributed by atoms with Crippen molar-refractivity contribution in [2.24, 2.45) is 0 Å². The second-order valence-electron chi connectivity index (χ2n) is 8.31. The minimum atomic E-state index is -0.113. The Morgan fingerprint density at radius 3 is 2.47 bits per heavy atom. The molecule has 0 saturated carbocycles. The zero-order valence-electron chi connectivity index (χ0n) is 16.7. The Labute approximate surface area is 185 Å². The van der Waals surface area contributed by atoms with E-state index in [0.29, 0.717) is 50.2 Å². The van der Waals surface area contributed by atoms with Gasteiger partial charge in [-0.05, 0) is 57.0 Å². The van der Waals surface area contributed by atoms with Crippen molar-refractivity contribution in [1.29, 1.82) is 0 Å². The highest BCUT2D eigenvalue weighted by molar-refractivity contribution is 6.39. The molecule has 1 amide bonds. The van der Waals surface area contributed by atoms with Crippen molar-refractivity contribution in [3.63, 3.8) is 0 Å². The van der Waals surface area contributed by atoms with Crippen molar-refractivity contribution >= 4 is 40.2 Å². The second kappa shape index (κ2) is 7.88. The largest absolute Gasteiger partial charge is 0.436 e. The number of para-hydroxylation sites is 1. The number of halogens is 2. The van der Waals surface area contributed by atoms with Gasteiger partial charge in [-0.25, -0.2) is 4.98 Å². The third-order valence-electron chi connectivity index (χ3n) is 6.52. The molecule has 5 nitrogen and oxygen atoms in total. The molecule has 3 aromatic rings. The molecule has 7 heteroatoms. The maximum Gasteiger partial charge on any atom is 0.253 e. The number of nitrogens with zero attached hydrogens (tertiary/aromatic N) is 2. The summed E-state index contributed by atoms with van der Waals surface area (Å²) in [5, 5.41) is 4.16. The number of benzene rings is 2. The van der Waals surface area contributed by atoms with Gasteiger partial charge in [0, 0.05) is 18.1 Å². The van der Waals surface area contributed by atoms with E-state index >= 15 is 0 Å². The summed E-state index contributed by atoms with van der Waals surface area (Å²) < 4.78 is 5.90. The summed E-state index contributed by atoms with van der Waals surface area (Å²) in [7, 11) is 2.21. The molecule has 5 rings (SSSR count). The van der Waals surface area contributed by atoms with Crippen molar-refractivity contribution in [3.8, 4) is 11.5 Å². The Hall–Kier alpha value is -2.08. The van der Waals surface area contributed by atoms with Crippen LogP contribution in [0.5, 0.6) is 0 Å². The summed E-state index contributed by atoms with van der Waals surface area (Å²) in [4.78, 5) is 20.2. The Morgan fingerprint density at radius 2 is 1.77 bits per heavy atom. The number of piperidine rings is 2. The Balaban J connectivity index is 1.43. The van der Waals surface area contributed by atoms with Crippen LogP contribution in [-0.4, -0.2) is 41.0 Å². The highest BCUT2D eigenvalue weighted by atomic mass is 35.5. The molecule has 0 radical (unpaired) electrons. The van der Waals surface area contributed by atoms with Gasteiger partial charge >= 0.3 is 0 Å². The first kappa shape index (κ1) is 19.9. The highest BCUT2D eigenvalue weighted by Gasteiger charge is 2.36. The number of carbonyl (C=O) groups excluding carboxylic acids is 1. The lowest BCUT2D eigenvalue weighted by Gasteiger charge is -2.47. The van der Waals surface area contributed by atoms with Crippen molar-refractivity contribution < 1.29 is 9.21 Å². The smallest absolute Gasteiger partial charge is 0.253 e. The number of hydrogen-bond donors (Lipinski definition) is 1. The number of amides is 1. The minimum Gasteiger partial charge on any atom is -0.436 e. The van der Waals surface area contributed by atoms with E-state index in [1.165, 1.54) is 19.3 Å². The van der Waals surface area contributed by atoms with Crippen molar-refractivity contribution in [2.75, 3.05) is 7.05 Å². The Kier molecular flexibility index (Phi) is 5.21. The van der Waals surface area contributed by atoms with E-state index < -0.39 is 0 Å². The Morgan fingerprint density at radius 1 is 1.10 bits per heavy atom. The molecule has 2 aromatic carbocycles. The van der Waals surface area contributed by atoms with Crippen LogP contribution in [0.25, 0.3) is 22.6 Å². The fourth-order valence-corrected chi connectivity index (χ4v) is 5.50. The van der Waals surface area contributed by atoms with E-state index in [9.17, 15) is 4.79 Å². The van der Waals surface area contributed by atoms with E-state index in [4.69, 9.17) is 27.6 Å². The third-order valence-corrected chi connectivity index (χ3v) is 7.15. The van der Waals surface area contributed by atoms with Crippen molar-refractivity contribution in [3.05, 3.63) is 52.0 Å². The van der Waals surface area contributed by atoms with Crippen LogP contribution in [-0.2, 0) is 0 Å². The van der Waals surface area contributed by atoms with E-state index in [0.717, 1.165) is 12.8 Å². The SMILES string of the molecule is CN1C2CCCC1CC(NC(=O)c1cccc3oc(-c4c(Cl)cccc4Cl)nc13)C2. The molecule has 1 aromatic heterocycles. The average Bonchev–Trinajstić information content (AvgIpc) is 3.12. The molecule has 2 aliphatic rings. The number of nitrogens with one attached hydrogen (secondary N) is 1. The van der Waals surface area contributed by atoms with Gasteiger partial charge in [0.05, 0.1) is 21.2 Å². The van der Waals surface area contributed by atoms with Crippen LogP contribution in [0, 0.1) is 0 Å². The molecular formula is C23H23Cl2N3O2. The maximum atomic E-state index is 13.1. The summed E-state index contributed by atoms with van der Waals surface area (Å²) in [6, 6.07) is 11.9. The van der Waals surface area contributed by atoms with Crippen LogP contribution in [0.4, 0.5) is 0 Å². The van der Waals surface area contributed by atoms with Gasteiger partial charge in [0.15, 0.2) is 5.58 Å². The van der Waals surface area contributed by atoms with Crippen LogP contribution in [0.3, 0.4) is 0 Å². The topological polar surface area (TPSA) is 58.4 Å². The molecule has 30 heavy (non-hydrogen) atoms. The molecule has 1 N–H and O–H groups in total. The predicted molar refractivity (Wildman–Crippen MR) is 119 cm³/mol. The monoisotopic (exact) mass is 443 g/mol. The number of hydrogen-bond acceptors (Lipinski definition) is 4. The van der Waals surface area contributed by atoms with Gasteiger partial charge in [0.1, 0.15) is 5.52 Å². The van der Waals surface area contributed by atoms with Gasteiger partial charge in [-0.3, -0.25) is 4.79 Å². The minimum absolute atomic E-state index is 0.113. The van der Waals surface area contributed by atoms with E-state index in [2.05, 4.69) is 22.2 Å². The molecule has 0 aliphatic carbocycles. The predicted octanol–water partition coefficient (Wildman–Crippen LogP) is 5.55. The molecule has 2 unspecified atom stereocenters. The van der Waals surface area contributed by atoms with Crippen LogP contribution in [0.1, 0.15) is 42.5 Å². The van der Waals surface area contributed by atoms with Crippen molar-refractivity contribution in [2.45, 2.75) is 50.2 Å². The van der Waals surface area contributed by atoms with E-state index in [1.807, 2.05) is 6.07 Å². The van der Waals surface area contributed by atoms with Crippen LogP contribution in [0.2, 0.25) is 10.0 Å². The summed E-state index contributed by atoms with van der Waals surface area (Å²) >= 11 is 12.6. The molecular weight excluding hydrogens is 421 g/mol. The molecule has 0 spiro atoms. The lowest BCUT2D eigenvalue weighted by molar-refractivity contribution is 0.0463. The first-order valence-electron chi connectivity index (χ1n) is 10.4. The van der Waals surface area contributed by atoms with Gasteiger partial charge in [0.2, 0.25) is 5.89 Å². The van der Waals surface area contributed by atoms with Gasteiger partial charge in [-0.1, -0.05) is 41.8 Å². The summed E-state index contributed by atoms with van der Waals surface area (Å²) in [6.07, 6.45) is 5.69. The van der Waals surface area contributed by atoms with E-state index in [-0.39, 0.29) is 11.9 Å². The lowest BCUT2D eigenvalue weighted by atomic mass is 9.82. The molecule has 2 atom stereocenters. The fraction of sp³-hybridized carbons (Fsp3) is 0.391. The van der Waals surface area contributed by atoms with Gasteiger partial charge in [-0.2, -0.15) is 0 Å². The van der Waals surface area contributed by atoms with Gasteiger partial charge < -0.3 is 14.6 Å². The van der Waals surface area contributed by atoms with Crippen LogP contribution < -0.4 is 5.32 Å². The molecule has 2 saturated heterocycles. The molecule has 2 bridgehead atoms. The third kappa shape index (κ3) is 3.49. The summed E-state index contributed by atoms with van der Waals surface area (Å²) in [5.74, 6) is 0.202. The normalized spacial score (nSPS) is 24.2. The zero-order valence-corrected chi connectivity index (χ0v) is 18.2. The summed E-state index contributed by atoms with van der Waals surface area (Å²) in [5.41, 5.74) is 2.10. The number of carbonyl (C=O) groups is 1. The molecule has 3 heterocycles. The molecule has 2 fully saturated rings. The number of aromatic nitrogens is 1. The quantitative estimate of drug-likeness (QED) is 0.576. The number of oxazole rings is 1. The Bertz CT molecular complexity index is 1080. The lowest BCUT2D eigenvalue weighted by Crippen LogP contribution is -2.55. The summed E-state index contributed by atoms with van der Waals surface area (Å²) in [6.45, 7) is 0. The number of rotatable bonds is 3. The van der Waals surface area contributed by atoms with Crippen LogP contribution in [0.15, 0.2) is 40.8 Å². The van der Waals surface area contributed by atoms with E-state index in [1.54, 1.807) is 30.3 Å². The first-order valence-corrected chi connectivity index (χ1v) is 11.1. The first-order chi connectivity index (χ1) is 14.5. The van der Waals surface area contributed by atoms with Gasteiger partial charge in [0.25, 0.3) is 5.91 Å². The number of fused-ring (bicyclic) bond motifs is 3. The average molecular weight is 444 g/mol. The molecule has 2 aliphatic heterocycles. The second-order valence-corrected chi connectivity index (χ2v) is 9.13. The zero-order chi connectivity index (χ0) is 20.8.